The molecule has 18 heavy (non-hydrogen) atoms. The molecule has 0 fully saturated rings. The Balaban J connectivity index is 2.46. The minimum atomic E-state index is -1.17. The van der Waals surface area contributed by atoms with Gasteiger partial charge in [0.25, 0.3) is 0 Å². The smallest absolute Gasteiger partial charge is 0.352 e. The minimum absolute atomic E-state index is 0.146. The quantitative estimate of drug-likeness (QED) is 0.719. The van der Waals surface area contributed by atoms with Crippen LogP contribution in [-0.2, 0) is 9.59 Å². The summed E-state index contributed by atoms with van der Waals surface area (Å²) in [7, 11) is 0. The van der Waals surface area contributed by atoms with Crippen molar-refractivity contribution in [2.75, 3.05) is 0 Å². The monoisotopic (exact) mass is 244 g/mol. The van der Waals surface area contributed by atoms with E-state index in [9.17, 15) is 9.59 Å². The van der Waals surface area contributed by atoms with Gasteiger partial charge in [-0.15, -0.1) is 0 Å². The van der Waals surface area contributed by atoms with Crippen LogP contribution in [0, 0.1) is 0 Å². The van der Waals surface area contributed by atoms with Gasteiger partial charge in [0.1, 0.15) is 5.70 Å². The number of fused-ring (bicyclic) bond motifs is 1. The number of amides is 1. The molecule has 1 aromatic carbocycles. The Kier molecular flexibility index (Phi) is 3.14. The molecule has 1 amide bonds. The second-order valence-corrected chi connectivity index (χ2v) is 3.83. The number of aliphatic carboxylic acids is 1. The van der Waals surface area contributed by atoms with Crippen LogP contribution >= 0.6 is 0 Å². The van der Waals surface area contributed by atoms with Crippen molar-refractivity contribution < 1.29 is 14.7 Å². The number of H-pyrrole nitrogens is 1. The lowest BCUT2D eigenvalue weighted by atomic mass is 10.1. The van der Waals surface area contributed by atoms with Crippen molar-refractivity contribution in [3.8, 4) is 0 Å². The summed E-state index contributed by atoms with van der Waals surface area (Å²) in [6.07, 6.45) is 3.14. The highest BCUT2D eigenvalue weighted by molar-refractivity contribution is 5.99. The molecule has 0 saturated carbocycles. The molecule has 0 aliphatic rings. The largest absolute Gasteiger partial charge is 0.477 e. The summed E-state index contributed by atoms with van der Waals surface area (Å²) in [5.41, 5.74) is 1.49. The highest BCUT2D eigenvalue weighted by Crippen LogP contribution is 2.19. The number of carboxylic acids is 1. The zero-order valence-electron chi connectivity index (χ0n) is 9.73. The second kappa shape index (κ2) is 4.75. The van der Waals surface area contributed by atoms with E-state index in [2.05, 4.69) is 10.3 Å². The van der Waals surface area contributed by atoms with E-state index in [1.54, 1.807) is 6.20 Å². The Bertz CT molecular complexity index is 640. The van der Waals surface area contributed by atoms with Crippen LogP contribution in [0.2, 0.25) is 0 Å². The molecule has 2 aromatic rings. The van der Waals surface area contributed by atoms with Gasteiger partial charge in [-0.2, -0.15) is 0 Å². The Labute approximate surface area is 103 Å². The van der Waals surface area contributed by atoms with Gasteiger partial charge < -0.3 is 15.4 Å². The number of carbonyl (C=O) groups is 2. The molecule has 0 radical (unpaired) electrons. The number of hydrogen-bond donors (Lipinski definition) is 3. The zero-order chi connectivity index (χ0) is 13.1. The number of aromatic nitrogens is 1. The maximum Gasteiger partial charge on any atom is 0.352 e. The van der Waals surface area contributed by atoms with Crippen LogP contribution in [0.15, 0.2) is 36.2 Å². The first kappa shape index (κ1) is 11.9. The number of para-hydroxylation sites is 1. The first-order chi connectivity index (χ1) is 8.58. The summed E-state index contributed by atoms with van der Waals surface area (Å²) in [4.78, 5) is 25.0. The van der Waals surface area contributed by atoms with Crippen LogP contribution in [-0.4, -0.2) is 22.0 Å². The molecule has 2 rings (SSSR count). The SMILES string of the molecule is CC(=O)NC(=Cc1c[nH]c2ccccc12)C(=O)O. The first-order valence-electron chi connectivity index (χ1n) is 5.36. The highest BCUT2D eigenvalue weighted by atomic mass is 16.4. The molecule has 0 unspecified atom stereocenters. The third-order valence-electron chi connectivity index (χ3n) is 2.46. The first-order valence-corrected chi connectivity index (χ1v) is 5.36. The van der Waals surface area contributed by atoms with Crippen LogP contribution in [0.3, 0.4) is 0 Å². The third-order valence-corrected chi connectivity index (χ3v) is 2.46. The number of carbonyl (C=O) groups excluding carboxylic acids is 1. The molecular formula is C13H12N2O3. The maximum absolute atomic E-state index is 11.0. The Morgan fingerprint density at radius 1 is 1.33 bits per heavy atom. The topological polar surface area (TPSA) is 82.2 Å². The van der Waals surface area contributed by atoms with Gasteiger partial charge in [0.15, 0.2) is 0 Å². The minimum Gasteiger partial charge on any atom is -0.477 e. The average Bonchev–Trinajstić information content (AvgIpc) is 2.71. The fraction of sp³-hybridized carbons (Fsp3) is 0.0769. The fourth-order valence-electron chi connectivity index (χ4n) is 1.71. The fourth-order valence-corrected chi connectivity index (χ4v) is 1.71. The number of hydrogen-bond acceptors (Lipinski definition) is 2. The molecule has 0 atom stereocenters. The molecule has 5 heteroatoms. The third kappa shape index (κ3) is 2.40. The standard InChI is InChI=1S/C13H12N2O3/c1-8(16)15-12(13(17)18)6-9-7-14-11-5-3-2-4-10(9)11/h2-7,14H,1H3,(H,15,16)(H,17,18). The summed E-state index contributed by atoms with van der Waals surface area (Å²) in [6, 6.07) is 7.53. The second-order valence-electron chi connectivity index (χ2n) is 3.83. The Morgan fingerprint density at radius 3 is 2.72 bits per heavy atom. The number of benzene rings is 1. The predicted molar refractivity (Wildman–Crippen MR) is 67.7 cm³/mol. The van der Waals surface area contributed by atoms with Gasteiger partial charge in [-0.3, -0.25) is 4.79 Å². The summed E-state index contributed by atoms with van der Waals surface area (Å²) >= 11 is 0. The van der Waals surface area contributed by atoms with Crippen LogP contribution in [0.25, 0.3) is 17.0 Å². The number of aromatic amines is 1. The van der Waals surface area contributed by atoms with Gasteiger partial charge in [-0.05, 0) is 12.1 Å². The normalized spacial score (nSPS) is 11.5. The number of nitrogens with one attached hydrogen (secondary N) is 2. The molecule has 3 N–H and O–H groups in total. The zero-order valence-corrected chi connectivity index (χ0v) is 9.73. The van der Waals surface area contributed by atoms with E-state index in [0.717, 1.165) is 16.5 Å². The van der Waals surface area contributed by atoms with Gasteiger partial charge in [0, 0.05) is 29.6 Å². The molecule has 0 aliphatic heterocycles. The van der Waals surface area contributed by atoms with E-state index in [1.165, 1.54) is 13.0 Å². The van der Waals surface area contributed by atoms with E-state index in [0.29, 0.717) is 0 Å². The molecule has 0 aliphatic carbocycles. The van der Waals surface area contributed by atoms with E-state index in [-0.39, 0.29) is 5.70 Å². The molecule has 1 heterocycles. The van der Waals surface area contributed by atoms with E-state index >= 15 is 0 Å². The maximum atomic E-state index is 11.0. The van der Waals surface area contributed by atoms with E-state index < -0.39 is 11.9 Å². The molecule has 92 valence electrons. The van der Waals surface area contributed by atoms with Crippen LogP contribution in [0.5, 0.6) is 0 Å². The van der Waals surface area contributed by atoms with Crippen molar-refractivity contribution >= 4 is 28.9 Å². The van der Waals surface area contributed by atoms with Crippen molar-refractivity contribution in [3.05, 3.63) is 41.7 Å². The lowest BCUT2D eigenvalue weighted by Gasteiger charge is -2.02. The predicted octanol–water partition coefficient (Wildman–Crippen LogP) is 1.73. The average molecular weight is 244 g/mol. The molecular weight excluding hydrogens is 232 g/mol. The molecule has 0 bridgehead atoms. The van der Waals surface area contributed by atoms with Gasteiger partial charge in [0.2, 0.25) is 5.91 Å². The Hall–Kier alpha value is -2.56. The van der Waals surface area contributed by atoms with Crippen molar-refractivity contribution in [2.45, 2.75) is 6.92 Å². The highest BCUT2D eigenvalue weighted by Gasteiger charge is 2.10. The Morgan fingerprint density at radius 2 is 2.06 bits per heavy atom. The van der Waals surface area contributed by atoms with Crippen LogP contribution in [0.1, 0.15) is 12.5 Å². The van der Waals surface area contributed by atoms with Crippen LogP contribution in [0.4, 0.5) is 0 Å². The summed E-state index contributed by atoms with van der Waals surface area (Å²) in [6.45, 7) is 1.27. The molecule has 0 saturated heterocycles. The van der Waals surface area contributed by atoms with Gasteiger partial charge in [-0.1, -0.05) is 18.2 Å². The van der Waals surface area contributed by atoms with Gasteiger partial charge in [0.05, 0.1) is 0 Å². The van der Waals surface area contributed by atoms with Crippen molar-refractivity contribution in [2.24, 2.45) is 0 Å². The lowest BCUT2D eigenvalue weighted by Crippen LogP contribution is -2.24. The van der Waals surface area contributed by atoms with Crippen molar-refractivity contribution in [1.82, 2.24) is 10.3 Å². The van der Waals surface area contributed by atoms with Crippen molar-refractivity contribution in [3.63, 3.8) is 0 Å². The molecule has 1 aromatic heterocycles. The van der Waals surface area contributed by atoms with Gasteiger partial charge in [-0.25, -0.2) is 4.79 Å². The summed E-state index contributed by atoms with van der Waals surface area (Å²) in [5, 5.41) is 12.2. The summed E-state index contributed by atoms with van der Waals surface area (Å²) in [5.74, 6) is -1.58. The van der Waals surface area contributed by atoms with Crippen LogP contribution < -0.4 is 5.32 Å². The molecule has 5 nitrogen and oxygen atoms in total. The van der Waals surface area contributed by atoms with Crippen molar-refractivity contribution in [1.29, 1.82) is 0 Å². The lowest BCUT2D eigenvalue weighted by molar-refractivity contribution is -0.134. The van der Waals surface area contributed by atoms with E-state index in [1.807, 2.05) is 24.3 Å². The number of carboxylic acid groups (broad SMARTS) is 1. The van der Waals surface area contributed by atoms with E-state index in [4.69, 9.17) is 5.11 Å². The summed E-state index contributed by atoms with van der Waals surface area (Å²) < 4.78 is 0. The number of rotatable bonds is 3. The molecule has 0 spiro atoms. The van der Waals surface area contributed by atoms with Gasteiger partial charge >= 0.3 is 5.97 Å².